The number of alkyl halides is 1. The summed E-state index contributed by atoms with van der Waals surface area (Å²) in [5.41, 5.74) is 4.94. The van der Waals surface area contributed by atoms with Gasteiger partial charge in [0.2, 0.25) is 0 Å². The van der Waals surface area contributed by atoms with Gasteiger partial charge in [0.05, 0.1) is 29.4 Å². The molecule has 32 heavy (non-hydrogen) atoms. The molecule has 2 aliphatic heterocycles. The topological polar surface area (TPSA) is 48.3 Å². The Bertz CT molecular complexity index is 1190. The van der Waals surface area contributed by atoms with Crippen molar-refractivity contribution >= 4 is 40.2 Å². The van der Waals surface area contributed by atoms with E-state index in [2.05, 4.69) is 51.3 Å². The Morgan fingerprint density at radius 3 is 2.34 bits per heavy atom. The average Bonchev–Trinajstić information content (AvgIpc) is 3.09. The number of thiol groups is 1. The number of rotatable bonds is 4. The molecule has 0 amide bonds. The number of hydrogen-bond donors (Lipinski definition) is 2. The molecule has 2 aliphatic rings. The quantitative estimate of drug-likeness (QED) is 0.364. The molecule has 0 aromatic heterocycles. The fourth-order valence-corrected chi connectivity index (χ4v) is 5.75. The van der Waals surface area contributed by atoms with Crippen molar-refractivity contribution in [3.8, 4) is 11.5 Å². The van der Waals surface area contributed by atoms with E-state index >= 15 is 0 Å². The molecule has 5 nitrogen and oxygen atoms in total. The molecule has 0 bridgehead atoms. The summed E-state index contributed by atoms with van der Waals surface area (Å²) in [7, 11) is 1.54. The zero-order valence-electron chi connectivity index (χ0n) is 17.3. The highest BCUT2D eigenvalue weighted by Crippen LogP contribution is 2.47. The van der Waals surface area contributed by atoms with Crippen molar-refractivity contribution in [1.82, 2.24) is 9.42 Å². The number of aromatic hydroxyl groups is 1. The summed E-state index contributed by atoms with van der Waals surface area (Å²) >= 11 is 8.85. The molecular formula is C25H22BrN3O2S. The van der Waals surface area contributed by atoms with Gasteiger partial charge in [-0.2, -0.15) is 4.41 Å². The molecule has 3 aromatic carbocycles. The summed E-state index contributed by atoms with van der Waals surface area (Å²) in [6.45, 7) is 0. The summed E-state index contributed by atoms with van der Waals surface area (Å²) in [5.74, 6) is 0.522. The number of hydrazine groups is 1. The Balaban J connectivity index is 1.64. The number of allylic oxidation sites excluding steroid dienone is 1. The van der Waals surface area contributed by atoms with E-state index in [0.29, 0.717) is 5.75 Å². The largest absolute Gasteiger partial charge is 0.504 e. The van der Waals surface area contributed by atoms with Crippen molar-refractivity contribution in [2.45, 2.75) is 17.0 Å². The second kappa shape index (κ2) is 8.65. The highest BCUT2D eigenvalue weighted by molar-refractivity contribution is 9.09. The first-order chi connectivity index (χ1) is 15.6. The lowest BCUT2D eigenvalue weighted by Crippen LogP contribution is -2.38. The first kappa shape index (κ1) is 21.1. The van der Waals surface area contributed by atoms with Crippen molar-refractivity contribution in [1.29, 1.82) is 0 Å². The maximum absolute atomic E-state index is 10.0. The number of phenolic OH excluding ortho intramolecular Hbond substituents is 1. The number of fused-ring (bicyclic) bond motifs is 1. The second-order valence-corrected chi connectivity index (χ2v) is 9.14. The molecule has 0 spiro atoms. The normalized spacial score (nSPS) is 22.8. The zero-order chi connectivity index (χ0) is 22.2. The van der Waals surface area contributed by atoms with Crippen LogP contribution in [-0.4, -0.2) is 38.3 Å². The van der Waals surface area contributed by atoms with Gasteiger partial charge in [-0.1, -0.05) is 89.4 Å². The van der Waals surface area contributed by atoms with Gasteiger partial charge >= 0.3 is 0 Å². The summed E-state index contributed by atoms with van der Waals surface area (Å²) in [6.07, 6.45) is 1.86. The Morgan fingerprint density at radius 2 is 1.66 bits per heavy atom. The van der Waals surface area contributed by atoms with Crippen molar-refractivity contribution in [3.63, 3.8) is 0 Å². The fraction of sp³-hybridized carbons (Fsp3) is 0.160. The predicted molar refractivity (Wildman–Crippen MR) is 134 cm³/mol. The molecule has 162 valence electrons. The lowest BCUT2D eigenvalue weighted by atomic mass is 10.0. The first-order valence-electron chi connectivity index (χ1n) is 10.3. The second-order valence-electron chi connectivity index (χ2n) is 7.68. The molecule has 3 unspecified atom stereocenters. The van der Waals surface area contributed by atoms with E-state index in [-0.39, 0.29) is 22.8 Å². The van der Waals surface area contributed by atoms with Crippen LogP contribution in [0.5, 0.6) is 11.5 Å². The van der Waals surface area contributed by atoms with Crippen molar-refractivity contribution < 1.29 is 9.84 Å². The van der Waals surface area contributed by atoms with Gasteiger partial charge in [0.15, 0.2) is 17.7 Å². The average molecular weight is 508 g/mol. The van der Waals surface area contributed by atoms with Crippen LogP contribution in [0.1, 0.15) is 22.7 Å². The van der Waals surface area contributed by atoms with Gasteiger partial charge in [-0.05, 0) is 35.4 Å². The van der Waals surface area contributed by atoms with E-state index < -0.39 is 0 Å². The molecule has 1 saturated heterocycles. The van der Waals surface area contributed by atoms with Gasteiger partial charge in [-0.15, -0.1) is 0 Å². The Labute approximate surface area is 201 Å². The van der Waals surface area contributed by atoms with Gasteiger partial charge < -0.3 is 9.84 Å². The van der Waals surface area contributed by atoms with Crippen molar-refractivity contribution in [2.24, 2.45) is 4.99 Å². The maximum atomic E-state index is 10.0. The minimum atomic E-state index is -0.201. The molecule has 0 radical (unpaired) electrons. The predicted octanol–water partition coefficient (Wildman–Crippen LogP) is 5.45. The number of phenols is 1. The monoisotopic (exact) mass is 507 g/mol. The van der Waals surface area contributed by atoms with E-state index in [1.807, 2.05) is 52.9 Å². The highest BCUT2D eigenvalue weighted by Gasteiger charge is 2.48. The third-order valence-corrected chi connectivity index (χ3v) is 7.20. The van der Waals surface area contributed by atoms with E-state index in [1.54, 1.807) is 13.2 Å². The molecule has 0 saturated carbocycles. The number of ether oxygens (including phenoxy) is 1. The van der Waals surface area contributed by atoms with E-state index in [0.717, 1.165) is 28.1 Å². The number of benzene rings is 3. The Hall–Kier alpha value is -2.74. The van der Waals surface area contributed by atoms with E-state index in [4.69, 9.17) is 22.5 Å². The van der Waals surface area contributed by atoms with Crippen LogP contribution >= 0.6 is 28.7 Å². The van der Waals surface area contributed by atoms with Gasteiger partial charge in [0.1, 0.15) is 0 Å². The third kappa shape index (κ3) is 3.60. The van der Waals surface area contributed by atoms with Crippen molar-refractivity contribution in [2.75, 3.05) is 7.11 Å². The number of halogens is 1. The lowest BCUT2D eigenvalue weighted by molar-refractivity contribution is 0.154. The molecule has 3 aromatic rings. The van der Waals surface area contributed by atoms with Crippen LogP contribution in [0, 0.1) is 0 Å². The van der Waals surface area contributed by atoms with Gasteiger partial charge in [-0.3, -0.25) is 10.0 Å². The van der Waals surface area contributed by atoms with Gasteiger partial charge in [0, 0.05) is 5.56 Å². The first-order valence-corrected chi connectivity index (χ1v) is 11.6. The molecule has 0 aliphatic carbocycles. The van der Waals surface area contributed by atoms with E-state index in [9.17, 15) is 5.11 Å². The SMILES string of the molecule is COc1cc(C2=NC3C(Br)C(c4ccccc4)N(S)N3C(c3ccccc3)=C2)ccc1O. The molecule has 5 rings (SSSR count). The van der Waals surface area contributed by atoms with Crippen LogP contribution in [0.3, 0.4) is 0 Å². The van der Waals surface area contributed by atoms with Gasteiger partial charge in [-0.25, -0.2) is 0 Å². The Kier molecular flexibility index (Phi) is 5.71. The lowest BCUT2D eigenvalue weighted by Gasteiger charge is -2.35. The maximum Gasteiger partial charge on any atom is 0.161 e. The molecule has 2 heterocycles. The van der Waals surface area contributed by atoms with Crippen LogP contribution in [0.25, 0.3) is 5.70 Å². The molecule has 1 fully saturated rings. The van der Waals surface area contributed by atoms with Crippen LogP contribution < -0.4 is 4.74 Å². The highest BCUT2D eigenvalue weighted by atomic mass is 79.9. The smallest absolute Gasteiger partial charge is 0.161 e. The summed E-state index contributed by atoms with van der Waals surface area (Å²) < 4.78 is 7.29. The summed E-state index contributed by atoms with van der Waals surface area (Å²) in [5, 5.41) is 12.2. The Morgan fingerprint density at radius 1 is 0.969 bits per heavy atom. The fourth-order valence-electron chi connectivity index (χ4n) is 4.22. The number of nitrogens with zero attached hydrogens (tertiary/aromatic N) is 3. The molecule has 3 atom stereocenters. The minimum absolute atomic E-state index is 0.00354. The molecular weight excluding hydrogens is 486 g/mol. The third-order valence-electron chi connectivity index (χ3n) is 5.78. The van der Waals surface area contributed by atoms with Crippen LogP contribution in [0.4, 0.5) is 0 Å². The summed E-state index contributed by atoms with van der Waals surface area (Å²) in [6, 6.07) is 25.9. The number of aliphatic imine (C=N–C) groups is 1. The molecule has 1 N–H and O–H groups in total. The van der Waals surface area contributed by atoms with E-state index in [1.165, 1.54) is 0 Å². The van der Waals surface area contributed by atoms with Crippen LogP contribution in [0.15, 0.2) is 89.9 Å². The van der Waals surface area contributed by atoms with Crippen LogP contribution in [0.2, 0.25) is 0 Å². The standard InChI is InChI=1S/C25H22BrN3O2S/c1-31-22-14-18(12-13-21(22)30)19-15-20(16-8-4-2-5-9-16)28-25(27-19)23(26)24(29(28)32)17-10-6-3-7-11-17/h2-15,23-25,30,32H,1H3. The number of methoxy groups -OCH3 is 1. The zero-order valence-corrected chi connectivity index (χ0v) is 19.8. The summed E-state index contributed by atoms with van der Waals surface area (Å²) in [4.78, 5) is 5.10. The number of hydrogen-bond acceptors (Lipinski definition) is 6. The molecule has 7 heteroatoms. The minimum Gasteiger partial charge on any atom is -0.504 e. The van der Waals surface area contributed by atoms with Crippen LogP contribution in [-0.2, 0) is 0 Å². The van der Waals surface area contributed by atoms with Crippen molar-refractivity contribution in [3.05, 3.63) is 102 Å². The van der Waals surface area contributed by atoms with Gasteiger partial charge in [0.25, 0.3) is 0 Å².